The van der Waals surface area contributed by atoms with Crippen LogP contribution in [0.1, 0.15) is 42.9 Å². The van der Waals surface area contributed by atoms with Crippen LogP contribution in [-0.2, 0) is 15.6 Å². The Morgan fingerprint density at radius 3 is 2.58 bits per heavy atom. The highest BCUT2D eigenvalue weighted by atomic mass is 28.4. The summed E-state index contributed by atoms with van der Waals surface area (Å²) in [6.07, 6.45) is 2.22. The van der Waals surface area contributed by atoms with Crippen LogP contribution in [0.15, 0.2) is 23.5 Å². The van der Waals surface area contributed by atoms with E-state index >= 15 is 0 Å². The van der Waals surface area contributed by atoms with Gasteiger partial charge in [0.15, 0.2) is 8.32 Å². The van der Waals surface area contributed by atoms with Gasteiger partial charge in [-0.15, -0.1) is 6.58 Å². The first-order chi connectivity index (χ1) is 11.9. The van der Waals surface area contributed by atoms with Crippen LogP contribution in [0.2, 0.25) is 18.1 Å². The molecule has 0 saturated heterocycles. The molecule has 1 aromatic heterocycles. The first-order valence-electron chi connectivity index (χ1n) is 8.76. The first kappa shape index (κ1) is 20.4. The van der Waals surface area contributed by atoms with E-state index < -0.39 is 14.3 Å². The molecule has 0 amide bonds. The molecule has 1 aromatic rings. The van der Waals surface area contributed by atoms with E-state index in [1.165, 1.54) is 7.11 Å². The highest BCUT2D eigenvalue weighted by Gasteiger charge is 2.41. The number of allylic oxidation sites excluding steroid dienone is 1. The summed E-state index contributed by atoms with van der Waals surface area (Å²) in [6.45, 7) is 15.0. The lowest BCUT2D eigenvalue weighted by Crippen LogP contribution is -2.43. The van der Waals surface area contributed by atoms with Crippen LogP contribution in [0.25, 0.3) is 0 Å². The Hall–Kier alpha value is -1.86. The van der Waals surface area contributed by atoms with Crippen molar-refractivity contribution in [3.05, 3.63) is 40.3 Å². The number of hydrogen-bond acceptors (Lipinski definition) is 5. The topological polar surface area (TPSA) is 77.8 Å². The maximum absolute atomic E-state index is 12.6. The molecule has 0 bridgehead atoms. The third-order valence-corrected chi connectivity index (χ3v) is 10.2. The van der Waals surface area contributed by atoms with Gasteiger partial charge < -0.3 is 18.8 Å². The molecule has 26 heavy (non-hydrogen) atoms. The summed E-state index contributed by atoms with van der Waals surface area (Å²) in [5.41, 5.74) is 0.183. The first-order valence-corrected chi connectivity index (χ1v) is 11.7. The van der Waals surface area contributed by atoms with Crippen LogP contribution in [0.5, 0.6) is 5.75 Å². The lowest BCUT2D eigenvalue weighted by Gasteiger charge is -2.37. The molecule has 1 N–H and O–H groups in total. The molecule has 0 radical (unpaired) electrons. The summed E-state index contributed by atoms with van der Waals surface area (Å²) in [5.74, 6) is -1.06. The molecule has 0 fully saturated rings. The Morgan fingerprint density at radius 1 is 1.46 bits per heavy atom. The highest BCUT2D eigenvalue weighted by Crippen LogP contribution is 2.40. The van der Waals surface area contributed by atoms with E-state index in [0.717, 1.165) is 6.07 Å². The van der Waals surface area contributed by atoms with E-state index in [2.05, 4.69) is 40.4 Å². The van der Waals surface area contributed by atoms with Crippen molar-refractivity contribution in [2.45, 2.75) is 51.4 Å². The lowest BCUT2D eigenvalue weighted by molar-refractivity contribution is 0.0595. The van der Waals surface area contributed by atoms with Crippen molar-refractivity contribution in [3.8, 4) is 5.75 Å². The second-order valence-corrected chi connectivity index (χ2v) is 13.1. The normalized spacial score (nSPS) is 19.9. The summed E-state index contributed by atoms with van der Waals surface area (Å²) in [7, 11) is -0.745. The van der Waals surface area contributed by atoms with Gasteiger partial charge >= 0.3 is 5.97 Å². The third-order valence-electron chi connectivity index (χ3n) is 5.70. The number of carbonyl (C=O) groups is 1. The molecule has 0 saturated carbocycles. The number of nitrogens with zero attached hydrogens (tertiary/aromatic N) is 1. The quantitative estimate of drug-likeness (QED) is 0.483. The number of pyridine rings is 1. The highest BCUT2D eigenvalue weighted by molar-refractivity contribution is 6.74. The van der Waals surface area contributed by atoms with Gasteiger partial charge in [0.2, 0.25) is 0 Å². The second-order valence-electron chi connectivity index (χ2n) is 8.29. The number of aromatic hydroxyl groups is 1. The van der Waals surface area contributed by atoms with Crippen molar-refractivity contribution in [3.63, 3.8) is 0 Å². The Morgan fingerprint density at radius 2 is 2.08 bits per heavy atom. The minimum atomic E-state index is -2.00. The molecule has 2 heterocycles. The van der Waals surface area contributed by atoms with Crippen molar-refractivity contribution >= 4 is 14.3 Å². The molecular formula is C19H29NO5Si. The molecule has 1 aliphatic heterocycles. The van der Waals surface area contributed by atoms with Gasteiger partial charge in [-0.2, -0.15) is 0 Å². The lowest BCUT2D eigenvalue weighted by atomic mass is 9.99. The van der Waals surface area contributed by atoms with Gasteiger partial charge in [-0.3, -0.25) is 4.79 Å². The van der Waals surface area contributed by atoms with Gasteiger partial charge in [0, 0.05) is 17.7 Å². The molecule has 0 aromatic carbocycles. The van der Waals surface area contributed by atoms with Gasteiger partial charge in [-0.25, -0.2) is 4.79 Å². The van der Waals surface area contributed by atoms with E-state index in [-0.39, 0.29) is 33.9 Å². The predicted molar refractivity (Wildman–Crippen MR) is 103 cm³/mol. The Labute approximate surface area is 155 Å². The standard InChI is InChI=1S/C19H29NO5Si/c1-8-12-9-13-17(18(23)24-5)15(21)10-16(22)20(13)14(12)11-25-26(6,7)19(2,3)4/h8,10,12,14,21H,1,9,11H2,2-7H3/t12-,14+/m0/s1. The molecule has 2 atom stereocenters. The molecule has 1 aliphatic rings. The van der Waals surface area contributed by atoms with Crippen molar-refractivity contribution in [2.24, 2.45) is 5.92 Å². The zero-order chi connectivity index (χ0) is 19.9. The average Bonchev–Trinajstić information content (AvgIpc) is 2.90. The van der Waals surface area contributed by atoms with Crippen molar-refractivity contribution < 1.29 is 19.1 Å². The Bertz CT molecular complexity index is 775. The zero-order valence-corrected chi connectivity index (χ0v) is 17.5. The number of methoxy groups -OCH3 is 1. The fourth-order valence-electron chi connectivity index (χ4n) is 3.05. The smallest absolute Gasteiger partial charge is 0.343 e. The summed E-state index contributed by atoms with van der Waals surface area (Å²) < 4.78 is 12.7. The summed E-state index contributed by atoms with van der Waals surface area (Å²) >= 11 is 0. The van der Waals surface area contributed by atoms with Crippen LogP contribution in [0.3, 0.4) is 0 Å². The van der Waals surface area contributed by atoms with Crippen LogP contribution in [0.4, 0.5) is 0 Å². The van der Waals surface area contributed by atoms with E-state index in [9.17, 15) is 14.7 Å². The molecule has 0 unspecified atom stereocenters. The van der Waals surface area contributed by atoms with Crippen LogP contribution >= 0.6 is 0 Å². The molecular weight excluding hydrogens is 350 g/mol. The number of ether oxygens (including phenoxy) is 1. The van der Waals surface area contributed by atoms with Gasteiger partial charge in [-0.1, -0.05) is 26.8 Å². The van der Waals surface area contributed by atoms with E-state index in [4.69, 9.17) is 9.16 Å². The maximum atomic E-state index is 12.6. The maximum Gasteiger partial charge on any atom is 0.343 e. The Kier molecular flexibility index (Phi) is 5.54. The fourth-order valence-corrected chi connectivity index (χ4v) is 4.07. The van der Waals surface area contributed by atoms with Gasteiger partial charge in [0.05, 0.1) is 19.8 Å². The second kappa shape index (κ2) is 7.04. The molecule has 0 spiro atoms. The molecule has 7 heteroatoms. The minimum absolute atomic E-state index is 0.0498. The summed E-state index contributed by atoms with van der Waals surface area (Å²) in [4.78, 5) is 24.7. The Balaban J connectivity index is 2.47. The summed E-state index contributed by atoms with van der Waals surface area (Å²) in [5, 5.41) is 10.2. The molecule has 0 aliphatic carbocycles. The van der Waals surface area contributed by atoms with Crippen molar-refractivity contribution in [1.82, 2.24) is 4.57 Å². The van der Waals surface area contributed by atoms with E-state index in [1.807, 2.05) is 0 Å². The molecule has 144 valence electrons. The van der Waals surface area contributed by atoms with Gasteiger partial charge in [0.1, 0.15) is 11.3 Å². The van der Waals surface area contributed by atoms with E-state index in [0.29, 0.717) is 18.7 Å². The zero-order valence-electron chi connectivity index (χ0n) is 16.5. The monoisotopic (exact) mass is 379 g/mol. The molecule has 6 nitrogen and oxygen atoms in total. The number of esters is 1. The summed E-state index contributed by atoms with van der Waals surface area (Å²) in [6, 6.07) is 0.814. The van der Waals surface area contributed by atoms with Crippen LogP contribution in [0, 0.1) is 5.92 Å². The number of carbonyl (C=O) groups excluding carboxylic acids is 1. The van der Waals surface area contributed by atoms with Crippen molar-refractivity contribution in [2.75, 3.05) is 13.7 Å². The average molecular weight is 380 g/mol. The number of rotatable bonds is 5. The number of aromatic nitrogens is 1. The number of fused-ring (bicyclic) bond motifs is 1. The third kappa shape index (κ3) is 3.50. The number of hydrogen-bond donors (Lipinski definition) is 1. The van der Waals surface area contributed by atoms with Gasteiger partial charge in [0.25, 0.3) is 5.56 Å². The van der Waals surface area contributed by atoms with Crippen LogP contribution in [-0.4, -0.2) is 37.7 Å². The minimum Gasteiger partial charge on any atom is -0.507 e. The van der Waals surface area contributed by atoms with Crippen molar-refractivity contribution in [1.29, 1.82) is 0 Å². The van der Waals surface area contributed by atoms with Crippen LogP contribution < -0.4 is 5.56 Å². The fraction of sp³-hybridized carbons (Fsp3) is 0.579. The molecule has 2 rings (SSSR count). The van der Waals surface area contributed by atoms with Gasteiger partial charge in [-0.05, 0) is 24.6 Å². The largest absolute Gasteiger partial charge is 0.507 e. The van der Waals surface area contributed by atoms with E-state index in [1.54, 1.807) is 10.6 Å². The predicted octanol–water partition coefficient (Wildman–Crippen LogP) is 3.26. The SMILES string of the molecule is C=C[C@H]1Cc2c(C(=O)OC)c(O)cc(=O)n2[C@@H]1CO[Si](C)(C)C(C)(C)C.